The number of rotatable bonds is 10. The Balaban J connectivity index is 2.06. The van der Waals surface area contributed by atoms with Gasteiger partial charge in [-0.15, -0.1) is 0 Å². The maximum atomic E-state index is 13.1. The number of carbonyl (C=O) groups is 2. The van der Waals surface area contributed by atoms with Gasteiger partial charge in [0.05, 0.1) is 5.57 Å². The maximum Gasteiger partial charge on any atom is 0.357 e. The Bertz CT molecular complexity index is 1180. The zero-order chi connectivity index (χ0) is 24.7. The zero-order valence-corrected chi connectivity index (χ0v) is 19.8. The van der Waals surface area contributed by atoms with Crippen LogP contribution in [0.3, 0.4) is 0 Å². The molecule has 0 bridgehead atoms. The van der Waals surface area contributed by atoms with Gasteiger partial charge in [-0.25, -0.2) is 9.80 Å². The van der Waals surface area contributed by atoms with Crippen molar-refractivity contribution < 1.29 is 14.7 Å². The number of fused-ring (bicyclic) bond motifs is 1. The quantitative estimate of drug-likeness (QED) is 0.410. The van der Waals surface area contributed by atoms with Crippen molar-refractivity contribution in [2.24, 2.45) is 15.8 Å². The molecule has 8 nitrogen and oxygen atoms in total. The van der Waals surface area contributed by atoms with Gasteiger partial charge in [0.25, 0.3) is 5.91 Å². The van der Waals surface area contributed by atoms with Crippen LogP contribution in [0.25, 0.3) is 16.8 Å². The summed E-state index contributed by atoms with van der Waals surface area (Å²) in [5, 5.41) is 16.8. The van der Waals surface area contributed by atoms with E-state index in [0.717, 1.165) is 53.0 Å². The summed E-state index contributed by atoms with van der Waals surface area (Å²) in [5.41, 5.74) is 6.91. The van der Waals surface area contributed by atoms with Crippen LogP contribution in [0.5, 0.6) is 0 Å². The highest BCUT2D eigenvalue weighted by atomic mass is 16.4. The van der Waals surface area contributed by atoms with Crippen LogP contribution in [0, 0.1) is 0 Å². The lowest BCUT2D eigenvalue weighted by Crippen LogP contribution is -2.30. The van der Waals surface area contributed by atoms with Crippen LogP contribution in [0.4, 0.5) is 5.69 Å². The topological polar surface area (TPSA) is 112 Å². The molecule has 0 saturated carbocycles. The number of carboxylic acids is 1. The third kappa shape index (κ3) is 5.17. The summed E-state index contributed by atoms with van der Waals surface area (Å²) in [7, 11) is 0. The number of anilines is 1. The molecule has 0 radical (unpaired) electrons. The number of unbranched alkanes of at least 4 members (excludes halogenated alkanes) is 1. The van der Waals surface area contributed by atoms with Crippen molar-refractivity contribution in [1.29, 1.82) is 0 Å². The van der Waals surface area contributed by atoms with Crippen molar-refractivity contribution in [3.8, 4) is 0 Å². The molecule has 2 aromatic rings. The van der Waals surface area contributed by atoms with Crippen molar-refractivity contribution in [1.82, 2.24) is 5.01 Å². The number of carbonyl (C=O) groups excluding carboxylic acids is 1. The van der Waals surface area contributed by atoms with E-state index in [0.29, 0.717) is 0 Å². The lowest BCUT2D eigenvalue weighted by Gasteiger charge is -2.25. The largest absolute Gasteiger partial charge is 0.476 e. The fourth-order valence-electron chi connectivity index (χ4n) is 3.92. The van der Waals surface area contributed by atoms with Crippen LogP contribution >= 0.6 is 0 Å². The van der Waals surface area contributed by atoms with Crippen molar-refractivity contribution in [3.63, 3.8) is 0 Å². The standard InChI is InChI=1S/C26H31N5O3/c1-4-6-16-30(5-2)23-13-12-19(20-10-7-8-11-21(20)23)17-22-24(26(33)34)29-31(25(22)32)18(3)28-15-9-14-27/h7-15,17-18H,4-6,16,27H2,1-3H3,(H,33,34)/b14-9-,22-17-,28-15?. The molecule has 1 aliphatic heterocycles. The number of hydrogen-bond acceptors (Lipinski definition) is 6. The first kappa shape index (κ1) is 24.7. The molecule has 0 aliphatic carbocycles. The first-order valence-corrected chi connectivity index (χ1v) is 11.5. The second-order valence-electron chi connectivity index (χ2n) is 7.93. The predicted octanol–water partition coefficient (Wildman–Crippen LogP) is 4.02. The van der Waals surface area contributed by atoms with Crippen LogP contribution in [0.15, 0.2) is 64.3 Å². The van der Waals surface area contributed by atoms with Crippen molar-refractivity contribution in [2.75, 3.05) is 18.0 Å². The van der Waals surface area contributed by atoms with Crippen LogP contribution in [0.1, 0.15) is 39.2 Å². The molecule has 8 heteroatoms. The van der Waals surface area contributed by atoms with Crippen molar-refractivity contribution in [3.05, 3.63) is 59.8 Å². The summed E-state index contributed by atoms with van der Waals surface area (Å²) in [6, 6.07) is 11.9. The van der Waals surface area contributed by atoms with Gasteiger partial charge < -0.3 is 15.7 Å². The maximum absolute atomic E-state index is 13.1. The second-order valence-corrected chi connectivity index (χ2v) is 7.93. The molecule has 3 rings (SSSR count). The molecule has 1 amide bonds. The highest BCUT2D eigenvalue weighted by Crippen LogP contribution is 2.32. The Hall–Kier alpha value is -3.94. The smallest absolute Gasteiger partial charge is 0.357 e. The SMILES string of the molecule is CCCCN(CC)c1ccc(/C=C2\C(=O)N(C(C)N=C/C=C\N)N=C2C(=O)O)c2ccccc12. The van der Waals surface area contributed by atoms with E-state index in [4.69, 9.17) is 5.73 Å². The summed E-state index contributed by atoms with van der Waals surface area (Å²) < 4.78 is 0. The third-order valence-corrected chi connectivity index (χ3v) is 5.70. The van der Waals surface area contributed by atoms with Gasteiger partial charge in [-0.3, -0.25) is 9.79 Å². The molecule has 178 valence electrons. The molecule has 0 saturated heterocycles. The summed E-state index contributed by atoms with van der Waals surface area (Å²) in [6.45, 7) is 7.80. The first-order valence-electron chi connectivity index (χ1n) is 11.5. The molecular weight excluding hydrogens is 430 g/mol. The Morgan fingerprint density at radius 2 is 1.97 bits per heavy atom. The van der Waals surface area contributed by atoms with Gasteiger partial charge in [0, 0.05) is 30.4 Å². The molecule has 1 aliphatic rings. The molecule has 1 atom stereocenters. The third-order valence-electron chi connectivity index (χ3n) is 5.70. The fraction of sp³-hybridized carbons (Fsp3) is 0.308. The number of carboxylic acid groups (broad SMARTS) is 1. The van der Waals surface area contributed by atoms with E-state index < -0.39 is 18.0 Å². The van der Waals surface area contributed by atoms with Gasteiger partial charge >= 0.3 is 5.97 Å². The molecule has 1 heterocycles. The average molecular weight is 462 g/mol. The van der Waals surface area contributed by atoms with E-state index in [1.165, 1.54) is 18.5 Å². The van der Waals surface area contributed by atoms with Gasteiger partial charge in [-0.2, -0.15) is 5.10 Å². The minimum atomic E-state index is -1.27. The number of benzene rings is 2. The summed E-state index contributed by atoms with van der Waals surface area (Å²) >= 11 is 0. The normalized spacial score (nSPS) is 16.2. The summed E-state index contributed by atoms with van der Waals surface area (Å²) in [6.07, 6.45) is 7.41. The number of hydrazone groups is 1. The van der Waals surface area contributed by atoms with E-state index in [9.17, 15) is 14.7 Å². The number of allylic oxidation sites excluding steroid dienone is 1. The fourth-order valence-corrected chi connectivity index (χ4v) is 3.92. The van der Waals surface area contributed by atoms with Crippen LogP contribution in [-0.4, -0.2) is 53.2 Å². The Labute approximate surface area is 199 Å². The molecule has 0 spiro atoms. The number of nitrogens with zero attached hydrogens (tertiary/aromatic N) is 4. The molecule has 34 heavy (non-hydrogen) atoms. The van der Waals surface area contributed by atoms with Crippen LogP contribution in [0.2, 0.25) is 0 Å². The van der Waals surface area contributed by atoms with Crippen LogP contribution < -0.4 is 10.6 Å². The number of aliphatic carboxylic acids is 1. The monoisotopic (exact) mass is 461 g/mol. The summed E-state index contributed by atoms with van der Waals surface area (Å²) in [5.74, 6) is -1.78. The number of nitrogens with two attached hydrogens (primary N) is 1. The van der Waals surface area contributed by atoms with E-state index in [1.54, 1.807) is 13.0 Å². The lowest BCUT2D eigenvalue weighted by molar-refractivity contribution is -0.129. The molecule has 0 aromatic heterocycles. The van der Waals surface area contributed by atoms with Gasteiger partial charge in [0.2, 0.25) is 0 Å². The highest BCUT2D eigenvalue weighted by molar-refractivity contribution is 6.51. The van der Waals surface area contributed by atoms with Crippen molar-refractivity contribution in [2.45, 2.75) is 39.8 Å². The first-order chi connectivity index (χ1) is 16.4. The van der Waals surface area contributed by atoms with Gasteiger partial charge in [0.1, 0.15) is 6.17 Å². The number of aliphatic imine (C=N–C) groups is 1. The molecule has 0 fully saturated rings. The average Bonchev–Trinajstić information content (AvgIpc) is 3.17. The van der Waals surface area contributed by atoms with Gasteiger partial charge in [-0.1, -0.05) is 43.7 Å². The molecular formula is C26H31N5O3. The number of hydrogen-bond donors (Lipinski definition) is 2. The molecule has 1 unspecified atom stereocenters. The van der Waals surface area contributed by atoms with Crippen molar-refractivity contribution >= 4 is 46.3 Å². The minimum Gasteiger partial charge on any atom is -0.476 e. The van der Waals surface area contributed by atoms with E-state index in [1.807, 2.05) is 30.3 Å². The molecule has 2 aromatic carbocycles. The number of amides is 1. The van der Waals surface area contributed by atoms with Gasteiger partial charge in [0.15, 0.2) is 5.71 Å². The van der Waals surface area contributed by atoms with Crippen LogP contribution in [-0.2, 0) is 9.59 Å². The Morgan fingerprint density at radius 1 is 1.24 bits per heavy atom. The van der Waals surface area contributed by atoms with E-state index in [-0.39, 0.29) is 11.3 Å². The summed E-state index contributed by atoms with van der Waals surface area (Å²) in [4.78, 5) is 31.5. The van der Waals surface area contributed by atoms with E-state index >= 15 is 0 Å². The zero-order valence-electron chi connectivity index (χ0n) is 19.8. The molecule has 3 N–H and O–H groups in total. The second kappa shape index (κ2) is 11.3. The Kier molecular flexibility index (Phi) is 8.19. The minimum absolute atomic E-state index is 0.0279. The highest BCUT2D eigenvalue weighted by Gasteiger charge is 2.36. The van der Waals surface area contributed by atoms with Gasteiger partial charge in [-0.05, 0) is 55.6 Å². The lowest BCUT2D eigenvalue weighted by atomic mass is 9.98. The van der Waals surface area contributed by atoms with E-state index in [2.05, 4.69) is 34.9 Å². The Morgan fingerprint density at radius 3 is 2.62 bits per heavy atom. The predicted molar refractivity (Wildman–Crippen MR) is 138 cm³/mol.